The maximum atomic E-state index is 11.3. The molecule has 0 saturated carbocycles. The lowest BCUT2D eigenvalue weighted by molar-refractivity contribution is -0.117. The summed E-state index contributed by atoms with van der Waals surface area (Å²) in [4.78, 5) is 13.4. The molecule has 1 fully saturated rings. The molecule has 1 aliphatic heterocycles. The van der Waals surface area contributed by atoms with Gasteiger partial charge in [-0.05, 0) is 31.2 Å². The van der Waals surface area contributed by atoms with E-state index in [2.05, 4.69) is 33.0 Å². The van der Waals surface area contributed by atoms with Gasteiger partial charge in [0.25, 0.3) is 0 Å². The average Bonchev–Trinajstić information content (AvgIpc) is 2.78. The molecule has 18 heavy (non-hydrogen) atoms. The van der Waals surface area contributed by atoms with E-state index in [1.54, 1.807) is 0 Å². The van der Waals surface area contributed by atoms with Crippen LogP contribution in [0.25, 0.3) is 0 Å². The van der Waals surface area contributed by atoms with Crippen LogP contribution in [-0.2, 0) is 16.1 Å². The Labute approximate surface area is 116 Å². The maximum Gasteiger partial charge on any atom is 0.129 e. The summed E-state index contributed by atoms with van der Waals surface area (Å²) in [6.07, 6.45) is 1.90. The zero-order chi connectivity index (χ0) is 13.0. The van der Waals surface area contributed by atoms with Crippen molar-refractivity contribution >= 4 is 22.2 Å². The van der Waals surface area contributed by atoms with E-state index in [-0.39, 0.29) is 5.41 Å². The molecule has 4 heteroatoms. The number of carbonyl (C=O) groups excluding carboxylic acids is 1. The number of hydrogen-bond donors (Lipinski definition) is 0. The molecule has 1 aliphatic rings. The van der Waals surface area contributed by atoms with E-state index in [4.69, 9.17) is 4.74 Å². The van der Waals surface area contributed by atoms with Crippen molar-refractivity contribution in [3.8, 4) is 0 Å². The standard InChI is InChI=1S/C14H18BrNO2/c1-16(8-12-3-2-4-13(15)7-12)9-14(10-17)5-6-18-11-14/h2-4,7,10H,5-6,8-9,11H2,1H3. The highest BCUT2D eigenvalue weighted by atomic mass is 79.9. The first-order valence-corrected chi connectivity index (χ1v) is 6.90. The van der Waals surface area contributed by atoms with Crippen molar-refractivity contribution < 1.29 is 9.53 Å². The minimum Gasteiger partial charge on any atom is -0.380 e. The minimum absolute atomic E-state index is 0.305. The normalized spacial score (nSPS) is 23.5. The van der Waals surface area contributed by atoms with Crippen molar-refractivity contribution in [1.82, 2.24) is 4.90 Å². The fourth-order valence-electron chi connectivity index (χ4n) is 2.42. The van der Waals surface area contributed by atoms with E-state index in [0.29, 0.717) is 13.2 Å². The summed E-state index contributed by atoms with van der Waals surface area (Å²) < 4.78 is 6.44. The van der Waals surface area contributed by atoms with Gasteiger partial charge in [-0.3, -0.25) is 0 Å². The summed E-state index contributed by atoms with van der Waals surface area (Å²) in [5.41, 5.74) is 0.938. The molecule has 1 atom stereocenters. The average molecular weight is 312 g/mol. The summed E-state index contributed by atoms with van der Waals surface area (Å²) in [6, 6.07) is 8.25. The number of benzene rings is 1. The molecule has 0 aromatic heterocycles. The summed E-state index contributed by atoms with van der Waals surface area (Å²) in [5, 5.41) is 0. The number of aldehydes is 1. The number of hydrogen-bond acceptors (Lipinski definition) is 3. The van der Waals surface area contributed by atoms with Crippen molar-refractivity contribution in [3.05, 3.63) is 34.3 Å². The fraction of sp³-hybridized carbons (Fsp3) is 0.500. The lowest BCUT2D eigenvalue weighted by atomic mass is 9.88. The van der Waals surface area contributed by atoms with Gasteiger partial charge in [0.15, 0.2) is 0 Å². The molecule has 98 valence electrons. The third-order valence-corrected chi connectivity index (χ3v) is 3.80. The molecule has 1 unspecified atom stereocenters. The molecule has 0 amide bonds. The van der Waals surface area contributed by atoms with E-state index in [1.807, 2.05) is 19.2 Å². The van der Waals surface area contributed by atoms with Crippen LogP contribution in [0.1, 0.15) is 12.0 Å². The number of carbonyl (C=O) groups is 1. The van der Waals surface area contributed by atoms with E-state index in [0.717, 1.165) is 30.3 Å². The van der Waals surface area contributed by atoms with Crippen LogP contribution in [0.3, 0.4) is 0 Å². The Bertz CT molecular complexity index is 416. The van der Waals surface area contributed by atoms with Crippen LogP contribution in [0.4, 0.5) is 0 Å². The molecule has 0 bridgehead atoms. The third-order valence-electron chi connectivity index (χ3n) is 3.31. The van der Waals surface area contributed by atoms with Crippen LogP contribution in [-0.4, -0.2) is 38.0 Å². The second-order valence-corrected chi connectivity index (χ2v) is 6.00. The summed E-state index contributed by atoms with van der Waals surface area (Å²) >= 11 is 3.47. The predicted molar refractivity (Wildman–Crippen MR) is 74.4 cm³/mol. The molecule has 2 rings (SSSR count). The highest BCUT2D eigenvalue weighted by Crippen LogP contribution is 2.27. The molecule has 0 spiro atoms. The zero-order valence-corrected chi connectivity index (χ0v) is 12.1. The molecule has 1 saturated heterocycles. The molecule has 1 aromatic carbocycles. The van der Waals surface area contributed by atoms with E-state index in [1.165, 1.54) is 5.56 Å². The van der Waals surface area contributed by atoms with Gasteiger partial charge in [0.1, 0.15) is 6.29 Å². The lowest BCUT2D eigenvalue weighted by Gasteiger charge is -2.27. The van der Waals surface area contributed by atoms with Gasteiger partial charge in [-0.15, -0.1) is 0 Å². The SMILES string of the molecule is CN(Cc1cccc(Br)c1)CC1(C=O)CCOC1. The van der Waals surface area contributed by atoms with E-state index < -0.39 is 0 Å². The van der Waals surface area contributed by atoms with Crippen molar-refractivity contribution in [2.24, 2.45) is 5.41 Å². The summed E-state index contributed by atoms with van der Waals surface area (Å²) in [7, 11) is 2.05. The van der Waals surface area contributed by atoms with Crippen molar-refractivity contribution in [2.75, 3.05) is 26.8 Å². The Morgan fingerprint density at radius 1 is 1.56 bits per heavy atom. The molecule has 3 nitrogen and oxygen atoms in total. The summed E-state index contributed by atoms with van der Waals surface area (Å²) in [5.74, 6) is 0. The Morgan fingerprint density at radius 2 is 2.39 bits per heavy atom. The Kier molecular flexibility index (Phi) is 4.54. The molecule has 0 aliphatic carbocycles. The van der Waals surface area contributed by atoms with Crippen molar-refractivity contribution in [2.45, 2.75) is 13.0 Å². The zero-order valence-electron chi connectivity index (χ0n) is 10.6. The van der Waals surface area contributed by atoms with E-state index in [9.17, 15) is 4.79 Å². The molecule has 0 N–H and O–H groups in total. The van der Waals surface area contributed by atoms with Crippen LogP contribution in [0, 0.1) is 5.41 Å². The highest BCUT2D eigenvalue weighted by Gasteiger charge is 2.35. The topological polar surface area (TPSA) is 29.5 Å². The van der Waals surface area contributed by atoms with Crippen LogP contribution in [0.5, 0.6) is 0 Å². The van der Waals surface area contributed by atoms with Gasteiger partial charge in [0.05, 0.1) is 12.0 Å². The van der Waals surface area contributed by atoms with Gasteiger partial charge >= 0.3 is 0 Å². The Balaban J connectivity index is 1.96. The number of ether oxygens (including phenoxy) is 1. The smallest absolute Gasteiger partial charge is 0.129 e. The molecule has 1 aromatic rings. The number of nitrogens with zero attached hydrogens (tertiary/aromatic N) is 1. The van der Waals surface area contributed by atoms with E-state index >= 15 is 0 Å². The predicted octanol–water partition coefficient (Wildman–Crippen LogP) is 2.49. The largest absolute Gasteiger partial charge is 0.380 e. The fourth-order valence-corrected chi connectivity index (χ4v) is 2.87. The summed E-state index contributed by atoms with van der Waals surface area (Å²) in [6.45, 7) is 2.85. The van der Waals surface area contributed by atoms with Gasteiger partial charge in [0.2, 0.25) is 0 Å². The van der Waals surface area contributed by atoms with Gasteiger partial charge in [-0.2, -0.15) is 0 Å². The molecular formula is C14H18BrNO2. The molecule has 1 heterocycles. The van der Waals surface area contributed by atoms with Gasteiger partial charge < -0.3 is 14.4 Å². The monoisotopic (exact) mass is 311 g/mol. The Hall–Kier alpha value is -0.710. The van der Waals surface area contributed by atoms with Crippen LogP contribution >= 0.6 is 15.9 Å². The lowest BCUT2D eigenvalue weighted by Crippen LogP contribution is -2.37. The third kappa shape index (κ3) is 3.40. The van der Waals surface area contributed by atoms with Crippen LogP contribution in [0.2, 0.25) is 0 Å². The maximum absolute atomic E-state index is 11.3. The molecule has 0 radical (unpaired) electrons. The second kappa shape index (κ2) is 5.95. The van der Waals surface area contributed by atoms with Crippen molar-refractivity contribution in [3.63, 3.8) is 0 Å². The number of halogens is 1. The van der Waals surface area contributed by atoms with Crippen LogP contribution in [0.15, 0.2) is 28.7 Å². The van der Waals surface area contributed by atoms with Gasteiger partial charge in [0, 0.05) is 24.2 Å². The number of rotatable bonds is 5. The highest BCUT2D eigenvalue weighted by molar-refractivity contribution is 9.10. The first-order chi connectivity index (χ1) is 8.63. The van der Waals surface area contributed by atoms with Crippen LogP contribution < -0.4 is 0 Å². The Morgan fingerprint density at radius 3 is 3.00 bits per heavy atom. The van der Waals surface area contributed by atoms with Gasteiger partial charge in [-0.1, -0.05) is 28.1 Å². The van der Waals surface area contributed by atoms with Crippen molar-refractivity contribution in [1.29, 1.82) is 0 Å². The van der Waals surface area contributed by atoms with Gasteiger partial charge in [-0.25, -0.2) is 0 Å². The first-order valence-electron chi connectivity index (χ1n) is 6.11. The first kappa shape index (κ1) is 13.7. The quantitative estimate of drug-likeness (QED) is 0.782. The molecular weight excluding hydrogens is 294 g/mol. The second-order valence-electron chi connectivity index (χ2n) is 5.09. The minimum atomic E-state index is -0.305.